The summed E-state index contributed by atoms with van der Waals surface area (Å²) in [6, 6.07) is 15.0. The first-order valence-corrected chi connectivity index (χ1v) is 7.27. The van der Waals surface area contributed by atoms with Gasteiger partial charge in [0, 0.05) is 21.2 Å². The second kappa shape index (κ2) is 6.73. The van der Waals surface area contributed by atoms with E-state index in [-0.39, 0.29) is 6.03 Å². The van der Waals surface area contributed by atoms with Crippen molar-refractivity contribution >= 4 is 43.6 Å². The van der Waals surface area contributed by atoms with Crippen LogP contribution in [-0.4, -0.2) is 6.03 Å². The number of hydrogen-bond acceptors (Lipinski definition) is 1. The average molecular weight is 384 g/mol. The number of amides is 2. The standard InChI is InChI=1S/C14H12Br2N2O/c15-11-5-3-6-12(8-11)18-14(19)17-9-10-4-1-2-7-13(10)16/h1-8H,9H2,(H2,17,18,19). The van der Waals surface area contributed by atoms with Crippen LogP contribution in [0.4, 0.5) is 10.5 Å². The molecule has 0 saturated heterocycles. The summed E-state index contributed by atoms with van der Waals surface area (Å²) in [5.74, 6) is 0. The molecule has 0 unspecified atom stereocenters. The Morgan fingerprint density at radius 2 is 1.84 bits per heavy atom. The van der Waals surface area contributed by atoms with Gasteiger partial charge in [-0.05, 0) is 29.8 Å². The summed E-state index contributed by atoms with van der Waals surface area (Å²) in [5.41, 5.74) is 1.78. The Morgan fingerprint density at radius 1 is 1.05 bits per heavy atom. The van der Waals surface area contributed by atoms with E-state index in [1.165, 1.54) is 0 Å². The van der Waals surface area contributed by atoms with E-state index in [0.717, 1.165) is 20.2 Å². The molecule has 0 aliphatic rings. The number of benzene rings is 2. The number of anilines is 1. The van der Waals surface area contributed by atoms with Crippen LogP contribution >= 0.6 is 31.9 Å². The van der Waals surface area contributed by atoms with Crippen molar-refractivity contribution in [2.75, 3.05) is 5.32 Å². The second-order valence-electron chi connectivity index (χ2n) is 3.91. The fourth-order valence-electron chi connectivity index (χ4n) is 1.56. The van der Waals surface area contributed by atoms with Gasteiger partial charge in [-0.2, -0.15) is 0 Å². The maximum Gasteiger partial charge on any atom is 0.319 e. The van der Waals surface area contributed by atoms with Crippen molar-refractivity contribution in [3.8, 4) is 0 Å². The Hall–Kier alpha value is -1.33. The van der Waals surface area contributed by atoms with E-state index in [9.17, 15) is 4.79 Å². The number of rotatable bonds is 3. The molecule has 2 aromatic rings. The van der Waals surface area contributed by atoms with E-state index >= 15 is 0 Å². The molecule has 0 aliphatic carbocycles. The molecule has 0 radical (unpaired) electrons. The SMILES string of the molecule is O=C(NCc1ccccc1Br)Nc1cccc(Br)c1. The molecule has 0 spiro atoms. The molecule has 0 aliphatic heterocycles. The largest absolute Gasteiger partial charge is 0.334 e. The highest BCUT2D eigenvalue weighted by Crippen LogP contribution is 2.16. The van der Waals surface area contributed by atoms with E-state index in [1.54, 1.807) is 0 Å². The predicted octanol–water partition coefficient (Wildman–Crippen LogP) is 4.53. The molecule has 2 N–H and O–H groups in total. The Bertz CT molecular complexity index is 587. The first-order valence-electron chi connectivity index (χ1n) is 5.69. The second-order valence-corrected chi connectivity index (χ2v) is 5.68. The highest BCUT2D eigenvalue weighted by molar-refractivity contribution is 9.10. The highest BCUT2D eigenvalue weighted by atomic mass is 79.9. The highest BCUT2D eigenvalue weighted by Gasteiger charge is 2.03. The molecular formula is C14H12Br2N2O. The zero-order valence-electron chi connectivity index (χ0n) is 9.99. The third-order valence-corrected chi connectivity index (χ3v) is 3.75. The van der Waals surface area contributed by atoms with Gasteiger partial charge < -0.3 is 10.6 Å². The molecule has 3 nitrogen and oxygen atoms in total. The molecule has 2 aromatic carbocycles. The smallest absolute Gasteiger partial charge is 0.319 e. The summed E-state index contributed by atoms with van der Waals surface area (Å²) < 4.78 is 1.91. The van der Waals surface area contributed by atoms with Crippen LogP contribution in [0.3, 0.4) is 0 Å². The zero-order chi connectivity index (χ0) is 13.7. The van der Waals surface area contributed by atoms with Gasteiger partial charge in [-0.3, -0.25) is 0 Å². The van der Waals surface area contributed by atoms with Crippen LogP contribution < -0.4 is 10.6 Å². The van der Waals surface area contributed by atoms with E-state index in [0.29, 0.717) is 6.54 Å². The number of hydrogen-bond donors (Lipinski definition) is 2. The fraction of sp³-hybridized carbons (Fsp3) is 0.0714. The zero-order valence-corrected chi connectivity index (χ0v) is 13.2. The van der Waals surface area contributed by atoms with Crippen molar-refractivity contribution in [1.29, 1.82) is 0 Å². The van der Waals surface area contributed by atoms with E-state index < -0.39 is 0 Å². The van der Waals surface area contributed by atoms with E-state index in [1.807, 2.05) is 48.5 Å². The fourth-order valence-corrected chi connectivity index (χ4v) is 2.38. The molecule has 5 heteroatoms. The first kappa shape index (κ1) is 14.1. The molecule has 19 heavy (non-hydrogen) atoms. The van der Waals surface area contributed by atoms with E-state index in [4.69, 9.17) is 0 Å². The monoisotopic (exact) mass is 382 g/mol. The third kappa shape index (κ3) is 4.36. The topological polar surface area (TPSA) is 41.1 Å². The molecule has 0 bridgehead atoms. The minimum Gasteiger partial charge on any atom is -0.334 e. The molecule has 2 amide bonds. The van der Waals surface area contributed by atoms with Gasteiger partial charge in [0.05, 0.1) is 0 Å². The first-order chi connectivity index (χ1) is 9.15. The van der Waals surface area contributed by atoms with Crippen LogP contribution in [0.15, 0.2) is 57.5 Å². The van der Waals surface area contributed by atoms with Crippen LogP contribution in [-0.2, 0) is 6.54 Å². The minimum atomic E-state index is -0.228. The average Bonchev–Trinajstić information content (AvgIpc) is 2.38. The molecule has 0 heterocycles. The van der Waals surface area contributed by atoms with Gasteiger partial charge in [0.15, 0.2) is 0 Å². The molecular weight excluding hydrogens is 372 g/mol. The number of nitrogens with one attached hydrogen (secondary N) is 2. The maximum absolute atomic E-state index is 11.8. The number of urea groups is 1. The summed E-state index contributed by atoms with van der Waals surface area (Å²) in [4.78, 5) is 11.8. The van der Waals surface area contributed by atoms with E-state index in [2.05, 4.69) is 42.5 Å². The van der Waals surface area contributed by atoms with Crippen LogP contribution in [0.25, 0.3) is 0 Å². The van der Waals surface area contributed by atoms with Gasteiger partial charge in [-0.25, -0.2) is 4.79 Å². The van der Waals surface area contributed by atoms with Crippen molar-refractivity contribution in [2.24, 2.45) is 0 Å². The summed E-state index contributed by atoms with van der Waals surface area (Å²) in [5, 5.41) is 5.59. The van der Waals surface area contributed by atoms with Crippen LogP contribution in [0, 0.1) is 0 Å². The van der Waals surface area contributed by atoms with Crippen molar-refractivity contribution in [1.82, 2.24) is 5.32 Å². The summed E-state index contributed by atoms with van der Waals surface area (Å²) in [7, 11) is 0. The summed E-state index contributed by atoms with van der Waals surface area (Å²) >= 11 is 6.80. The maximum atomic E-state index is 11.8. The lowest BCUT2D eigenvalue weighted by molar-refractivity contribution is 0.251. The third-order valence-electron chi connectivity index (χ3n) is 2.48. The Morgan fingerprint density at radius 3 is 2.58 bits per heavy atom. The molecule has 0 saturated carbocycles. The lowest BCUT2D eigenvalue weighted by Crippen LogP contribution is -2.28. The minimum absolute atomic E-state index is 0.228. The lowest BCUT2D eigenvalue weighted by atomic mass is 10.2. The van der Waals surface area contributed by atoms with Gasteiger partial charge in [0.25, 0.3) is 0 Å². The van der Waals surface area contributed by atoms with Crippen molar-refractivity contribution in [3.63, 3.8) is 0 Å². The van der Waals surface area contributed by atoms with Crippen molar-refractivity contribution < 1.29 is 4.79 Å². The molecule has 98 valence electrons. The Labute approximate surface area is 128 Å². The number of halogens is 2. The van der Waals surface area contributed by atoms with Gasteiger partial charge >= 0.3 is 6.03 Å². The quantitative estimate of drug-likeness (QED) is 0.802. The molecule has 2 rings (SSSR count). The van der Waals surface area contributed by atoms with Crippen LogP contribution in [0.1, 0.15) is 5.56 Å². The molecule has 0 fully saturated rings. The normalized spacial score (nSPS) is 10.0. The Balaban J connectivity index is 1.90. The molecule has 0 aromatic heterocycles. The van der Waals surface area contributed by atoms with Gasteiger partial charge in [0.1, 0.15) is 0 Å². The number of carbonyl (C=O) groups excluding carboxylic acids is 1. The van der Waals surface area contributed by atoms with Crippen LogP contribution in [0.5, 0.6) is 0 Å². The Kier molecular flexibility index (Phi) is 4.99. The summed E-state index contributed by atoms with van der Waals surface area (Å²) in [6.07, 6.45) is 0. The molecule has 0 atom stereocenters. The van der Waals surface area contributed by atoms with Gasteiger partial charge in [-0.15, -0.1) is 0 Å². The van der Waals surface area contributed by atoms with Gasteiger partial charge in [0.2, 0.25) is 0 Å². The van der Waals surface area contributed by atoms with Crippen LogP contribution in [0.2, 0.25) is 0 Å². The van der Waals surface area contributed by atoms with Crippen molar-refractivity contribution in [3.05, 3.63) is 63.0 Å². The summed E-state index contributed by atoms with van der Waals surface area (Å²) in [6.45, 7) is 0.473. The number of carbonyl (C=O) groups is 1. The van der Waals surface area contributed by atoms with Crippen molar-refractivity contribution in [2.45, 2.75) is 6.54 Å². The lowest BCUT2D eigenvalue weighted by Gasteiger charge is -2.09. The predicted molar refractivity (Wildman–Crippen MR) is 84.1 cm³/mol. The van der Waals surface area contributed by atoms with Gasteiger partial charge in [-0.1, -0.05) is 56.1 Å².